The molecule has 2 aromatic heterocycles. The van der Waals surface area contributed by atoms with Crippen molar-refractivity contribution in [1.29, 1.82) is 0 Å². The second-order valence-electron chi connectivity index (χ2n) is 6.10. The summed E-state index contributed by atoms with van der Waals surface area (Å²) in [4.78, 5) is 6.82. The monoisotopic (exact) mass is 338 g/mol. The molecule has 0 spiro atoms. The van der Waals surface area contributed by atoms with E-state index >= 15 is 0 Å². The summed E-state index contributed by atoms with van der Waals surface area (Å²) in [7, 11) is -3.20. The molecule has 1 N–H and O–H groups in total. The van der Waals surface area contributed by atoms with Gasteiger partial charge in [0.05, 0.1) is 31.6 Å². The van der Waals surface area contributed by atoms with Crippen molar-refractivity contribution in [2.75, 3.05) is 12.8 Å². The first-order valence-corrected chi connectivity index (χ1v) is 9.47. The smallest absolute Gasteiger partial charge is 0.209 e. The minimum Gasteiger partial charge on any atom is -0.465 e. The van der Waals surface area contributed by atoms with Crippen molar-refractivity contribution in [3.63, 3.8) is 0 Å². The summed E-state index contributed by atoms with van der Waals surface area (Å²) in [5, 5.41) is 0. The lowest BCUT2D eigenvalue weighted by Crippen LogP contribution is -2.33. The second kappa shape index (κ2) is 6.10. The molecule has 3 heterocycles. The first-order chi connectivity index (χ1) is 10.8. The van der Waals surface area contributed by atoms with Crippen LogP contribution < -0.4 is 4.72 Å². The maximum absolute atomic E-state index is 11.2. The van der Waals surface area contributed by atoms with Crippen molar-refractivity contribution in [2.24, 2.45) is 0 Å². The van der Waals surface area contributed by atoms with Gasteiger partial charge in [0, 0.05) is 19.3 Å². The molecule has 0 saturated heterocycles. The lowest BCUT2D eigenvalue weighted by Gasteiger charge is -2.26. The fourth-order valence-corrected chi connectivity index (χ4v) is 3.14. The number of imidazole rings is 1. The van der Waals surface area contributed by atoms with E-state index in [9.17, 15) is 8.42 Å². The quantitative estimate of drug-likeness (QED) is 0.885. The van der Waals surface area contributed by atoms with Gasteiger partial charge in [0.15, 0.2) is 0 Å². The van der Waals surface area contributed by atoms with Crippen molar-refractivity contribution in [3.8, 4) is 0 Å². The van der Waals surface area contributed by atoms with Crippen LogP contribution in [-0.2, 0) is 36.2 Å². The van der Waals surface area contributed by atoms with E-state index < -0.39 is 10.0 Å². The molecule has 0 saturated carbocycles. The van der Waals surface area contributed by atoms with Crippen LogP contribution in [0, 0.1) is 13.8 Å². The predicted molar refractivity (Wildman–Crippen MR) is 86.2 cm³/mol. The lowest BCUT2D eigenvalue weighted by molar-refractivity contribution is 0.193. The van der Waals surface area contributed by atoms with Crippen LogP contribution in [0.2, 0.25) is 0 Å². The molecule has 0 aliphatic carbocycles. The summed E-state index contributed by atoms with van der Waals surface area (Å²) in [6, 6.07) is 2.08. The zero-order valence-corrected chi connectivity index (χ0v) is 14.5. The summed E-state index contributed by atoms with van der Waals surface area (Å²) in [6.07, 6.45) is 3.07. The summed E-state index contributed by atoms with van der Waals surface area (Å²) in [5.74, 6) is 2.90. The molecule has 1 aliphatic rings. The number of fused-ring (bicyclic) bond motifs is 1. The van der Waals surface area contributed by atoms with Gasteiger partial charge in [-0.3, -0.25) is 4.90 Å². The van der Waals surface area contributed by atoms with Gasteiger partial charge in [0.1, 0.15) is 17.3 Å². The van der Waals surface area contributed by atoms with Crippen LogP contribution in [0.4, 0.5) is 0 Å². The van der Waals surface area contributed by atoms with Crippen LogP contribution in [0.15, 0.2) is 16.7 Å². The van der Waals surface area contributed by atoms with Crippen LogP contribution in [0.1, 0.15) is 28.6 Å². The fourth-order valence-electron chi connectivity index (χ4n) is 2.73. The summed E-state index contributed by atoms with van der Waals surface area (Å²) in [6.45, 7) is 7.52. The molecular weight excluding hydrogens is 316 g/mol. The topological polar surface area (TPSA) is 80.4 Å². The van der Waals surface area contributed by atoms with Gasteiger partial charge in [-0.05, 0) is 25.5 Å². The van der Waals surface area contributed by atoms with Crippen molar-refractivity contribution >= 4 is 10.0 Å². The Bertz CT molecular complexity index is 787. The van der Waals surface area contributed by atoms with Crippen LogP contribution in [0.3, 0.4) is 0 Å². The van der Waals surface area contributed by atoms with E-state index in [1.165, 1.54) is 5.56 Å². The largest absolute Gasteiger partial charge is 0.465 e. The molecule has 8 heteroatoms. The number of aryl methyl sites for hydroxylation is 2. The average Bonchev–Trinajstić information content (AvgIpc) is 2.99. The molecule has 2 aromatic rings. The van der Waals surface area contributed by atoms with Gasteiger partial charge >= 0.3 is 0 Å². The lowest BCUT2D eigenvalue weighted by atomic mass is 10.2. The number of aromatic nitrogens is 2. The third kappa shape index (κ3) is 4.01. The van der Waals surface area contributed by atoms with E-state index in [4.69, 9.17) is 4.42 Å². The highest BCUT2D eigenvalue weighted by atomic mass is 32.2. The standard InChI is InChI=1S/C15H22N4O3S/c1-11-6-14(22-12(11)2)9-18-4-5-19-8-13(17-15(19)10-18)7-16-23(3,20)21/h6,8,16H,4-5,7,9-10H2,1-3H3. The molecule has 0 fully saturated rings. The number of furan rings is 1. The SMILES string of the molecule is Cc1cc(CN2CCn3cc(CNS(C)(=O)=O)nc3C2)oc1C. The Kier molecular flexibility index (Phi) is 4.31. The molecule has 7 nitrogen and oxygen atoms in total. The Morgan fingerprint density at radius 1 is 1.35 bits per heavy atom. The number of rotatable bonds is 5. The Balaban J connectivity index is 1.65. The van der Waals surface area contributed by atoms with Gasteiger partial charge in [0.2, 0.25) is 10.0 Å². The summed E-state index contributed by atoms with van der Waals surface area (Å²) < 4.78 is 32.6. The van der Waals surface area contributed by atoms with Gasteiger partial charge in [-0.15, -0.1) is 0 Å². The molecular formula is C15H22N4O3S. The van der Waals surface area contributed by atoms with E-state index in [-0.39, 0.29) is 6.54 Å². The Hall–Kier alpha value is -1.64. The molecule has 126 valence electrons. The molecule has 3 rings (SSSR count). The van der Waals surface area contributed by atoms with E-state index in [0.717, 1.165) is 55.5 Å². The van der Waals surface area contributed by atoms with Crippen molar-refractivity contribution in [1.82, 2.24) is 19.2 Å². The van der Waals surface area contributed by atoms with Gasteiger partial charge in [0.25, 0.3) is 0 Å². The third-order valence-electron chi connectivity index (χ3n) is 4.04. The minimum atomic E-state index is -3.20. The van der Waals surface area contributed by atoms with E-state index in [2.05, 4.69) is 25.2 Å². The predicted octanol–water partition coefficient (Wildman–Crippen LogP) is 1.16. The zero-order chi connectivity index (χ0) is 16.6. The van der Waals surface area contributed by atoms with E-state index in [1.807, 2.05) is 20.0 Å². The molecule has 23 heavy (non-hydrogen) atoms. The molecule has 0 unspecified atom stereocenters. The summed E-state index contributed by atoms with van der Waals surface area (Å²) in [5.41, 5.74) is 1.92. The van der Waals surface area contributed by atoms with Gasteiger partial charge in [-0.25, -0.2) is 18.1 Å². The highest BCUT2D eigenvalue weighted by molar-refractivity contribution is 7.88. The highest BCUT2D eigenvalue weighted by Gasteiger charge is 2.20. The van der Waals surface area contributed by atoms with Crippen LogP contribution in [0.5, 0.6) is 0 Å². The van der Waals surface area contributed by atoms with Crippen molar-refractivity contribution < 1.29 is 12.8 Å². The van der Waals surface area contributed by atoms with E-state index in [0.29, 0.717) is 0 Å². The maximum Gasteiger partial charge on any atom is 0.209 e. The molecule has 1 aliphatic heterocycles. The first kappa shape index (κ1) is 16.2. The summed E-state index contributed by atoms with van der Waals surface area (Å²) >= 11 is 0. The molecule has 0 amide bonds. The zero-order valence-electron chi connectivity index (χ0n) is 13.7. The minimum absolute atomic E-state index is 0.232. The number of nitrogens with one attached hydrogen (secondary N) is 1. The first-order valence-electron chi connectivity index (χ1n) is 7.58. The van der Waals surface area contributed by atoms with Crippen molar-refractivity contribution in [2.45, 2.75) is 40.0 Å². The average molecular weight is 338 g/mol. The molecule has 0 aromatic carbocycles. The molecule has 0 bridgehead atoms. The van der Waals surface area contributed by atoms with Crippen molar-refractivity contribution in [3.05, 3.63) is 40.9 Å². The molecule has 0 radical (unpaired) electrons. The number of hydrogen-bond acceptors (Lipinski definition) is 5. The van der Waals surface area contributed by atoms with Crippen LogP contribution in [-0.4, -0.2) is 35.7 Å². The second-order valence-corrected chi connectivity index (χ2v) is 7.93. The Morgan fingerprint density at radius 2 is 2.13 bits per heavy atom. The highest BCUT2D eigenvalue weighted by Crippen LogP contribution is 2.19. The van der Waals surface area contributed by atoms with Crippen LogP contribution >= 0.6 is 0 Å². The fraction of sp³-hybridized carbons (Fsp3) is 0.533. The van der Waals surface area contributed by atoms with Crippen LogP contribution in [0.25, 0.3) is 0 Å². The number of sulfonamides is 1. The van der Waals surface area contributed by atoms with Gasteiger partial charge < -0.3 is 8.98 Å². The Morgan fingerprint density at radius 3 is 2.78 bits per heavy atom. The Labute approximate surface area is 136 Å². The maximum atomic E-state index is 11.2. The van der Waals surface area contributed by atoms with Gasteiger partial charge in [-0.1, -0.05) is 0 Å². The number of hydrogen-bond donors (Lipinski definition) is 1. The molecule has 0 atom stereocenters. The third-order valence-corrected chi connectivity index (χ3v) is 4.71. The van der Waals surface area contributed by atoms with E-state index in [1.54, 1.807) is 0 Å². The normalized spacial score (nSPS) is 15.8. The van der Waals surface area contributed by atoms with Gasteiger partial charge in [-0.2, -0.15) is 0 Å². The number of nitrogens with zero attached hydrogens (tertiary/aromatic N) is 3.